The van der Waals surface area contributed by atoms with Crippen LogP contribution in [0.5, 0.6) is 0 Å². The molecular weight excluding hydrogens is 376 g/mol. The minimum atomic E-state index is -0.465. The van der Waals surface area contributed by atoms with E-state index in [0.29, 0.717) is 11.3 Å². The number of anilines is 2. The summed E-state index contributed by atoms with van der Waals surface area (Å²) in [5.41, 5.74) is 4.65. The van der Waals surface area contributed by atoms with Crippen molar-refractivity contribution in [2.75, 3.05) is 29.2 Å². The van der Waals surface area contributed by atoms with E-state index in [0.717, 1.165) is 22.4 Å². The van der Waals surface area contributed by atoms with E-state index in [9.17, 15) is 14.4 Å². The average molecular weight is 401 g/mol. The first-order chi connectivity index (χ1) is 13.3. The smallest absolute Gasteiger partial charge is 0.337 e. The number of benzene rings is 2. The van der Waals surface area contributed by atoms with Gasteiger partial charge in [-0.15, -0.1) is 11.8 Å². The minimum Gasteiger partial charge on any atom is -0.465 e. The van der Waals surface area contributed by atoms with Crippen molar-refractivity contribution in [2.45, 2.75) is 20.8 Å². The van der Waals surface area contributed by atoms with Gasteiger partial charge in [0.1, 0.15) is 0 Å². The van der Waals surface area contributed by atoms with Crippen molar-refractivity contribution in [3.8, 4) is 0 Å². The second-order valence-electron chi connectivity index (χ2n) is 6.43. The van der Waals surface area contributed by atoms with Gasteiger partial charge in [0.05, 0.1) is 24.2 Å². The van der Waals surface area contributed by atoms with Gasteiger partial charge in [0.2, 0.25) is 11.8 Å². The number of esters is 1. The van der Waals surface area contributed by atoms with Crippen LogP contribution in [0.3, 0.4) is 0 Å². The van der Waals surface area contributed by atoms with Crippen LogP contribution in [0.2, 0.25) is 0 Å². The molecule has 0 aliphatic carbocycles. The molecule has 0 saturated heterocycles. The minimum absolute atomic E-state index is 0.127. The van der Waals surface area contributed by atoms with Gasteiger partial charge in [-0.3, -0.25) is 9.59 Å². The summed E-state index contributed by atoms with van der Waals surface area (Å²) in [5, 5.41) is 5.62. The predicted molar refractivity (Wildman–Crippen MR) is 113 cm³/mol. The van der Waals surface area contributed by atoms with Gasteiger partial charge in [-0.05, 0) is 50.1 Å². The summed E-state index contributed by atoms with van der Waals surface area (Å²) < 4.78 is 4.69. The molecule has 0 fully saturated rings. The van der Waals surface area contributed by atoms with Crippen LogP contribution in [0, 0.1) is 20.8 Å². The SMILES string of the molecule is COC(=O)c1ccc(C)c(NC(=O)CSCC(=O)Nc2ccc(C)cc2C)c1. The Morgan fingerprint density at radius 2 is 1.50 bits per heavy atom. The van der Waals surface area contributed by atoms with Crippen LogP contribution in [0.25, 0.3) is 0 Å². The Hall–Kier alpha value is -2.80. The van der Waals surface area contributed by atoms with Crippen LogP contribution in [0.1, 0.15) is 27.0 Å². The lowest BCUT2D eigenvalue weighted by Gasteiger charge is -2.11. The standard InChI is InChI=1S/C21H24N2O4S/c1-13-5-8-17(15(3)9-13)22-19(24)11-28-12-20(25)23-18-10-16(21(26)27-4)7-6-14(18)2/h5-10H,11-12H2,1-4H3,(H,22,24)(H,23,25). The molecule has 2 aromatic rings. The lowest BCUT2D eigenvalue weighted by atomic mass is 10.1. The molecule has 6 nitrogen and oxygen atoms in total. The number of hydrogen-bond acceptors (Lipinski definition) is 5. The molecule has 2 N–H and O–H groups in total. The number of methoxy groups -OCH3 is 1. The maximum absolute atomic E-state index is 12.2. The molecule has 0 heterocycles. The molecule has 2 amide bonds. The summed E-state index contributed by atoms with van der Waals surface area (Å²) in [6.07, 6.45) is 0. The number of hydrogen-bond donors (Lipinski definition) is 2. The van der Waals surface area contributed by atoms with Crippen molar-refractivity contribution >= 4 is 40.9 Å². The fraction of sp³-hybridized carbons (Fsp3) is 0.286. The average Bonchev–Trinajstić information content (AvgIpc) is 2.65. The van der Waals surface area contributed by atoms with Gasteiger partial charge in [0.15, 0.2) is 0 Å². The predicted octanol–water partition coefficient (Wildman–Crippen LogP) is 3.71. The fourth-order valence-electron chi connectivity index (χ4n) is 2.56. The number of amides is 2. The molecule has 0 bridgehead atoms. The van der Waals surface area contributed by atoms with Crippen molar-refractivity contribution in [3.05, 3.63) is 58.7 Å². The Labute approximate surface area is 169 Å². The Morgan fingerprint density at radius 1 is 0.857 bits per heavy atom. The third-order valence-electron chi connectivity index (χ3n) is 4.06. The molecule has 7 heteroatoms. The van der Waals surface area contributed by atoms with Gasteiger partial charge in [-0.25, -0.2) is 4.79 Å². The first kappa shape index (κ1) is 21.5. The zero-order valence-electron chi connectivity index (χ0n) is 16.4. The quantitative estimate of drug-likeness (QED) is 0.692. The van der Waals surface area contributed by atoms with Gasteiger partial charge >= 0.3 is 5.97 Å². The Bertz CT molecular complexity index is 896. The van der Waals surface area contributed by atoms with Crippen LogP contribution in [0.15, 0.2) is 36.4 Å². The molecule has 0 spiro atoms. The zero-order chi connectivity index (χ0) is 20.7. The van der Waals surface area contributed by atoms with E-state index in [-0.39, 0.29) is 23.3 Å². The van der Waals surface area contributed by atoms with E-state index in [4.69, 9.17) is 4.74 Å². The lowest BCUT2D eigenvalue weighted by molar-refractivity contribution is -0.114. The maximum Gasteiger partial charge on any atom is 0.337 e. The van der Waals surface area contributed by atoms with Crippen LogP contribution < -0.4 is 10.6 Å². The van der Waals surface area contributed by atoms with Crippen LogP contribution in [0.4, 0.5) is 11.4 Å². The molecule has 0 unspecified atom stereocenters. The van der Waals surface area contributed by atoms with E-state index in [1.165, 1.54) is 18.9 Å². The van der Waals surface area contributed by atoms with E-state index in [1.807, 2.05) is 39.0 Å². The number of aryl methyl sites for hydroxylation is 3. The fourth-order valence-corrected chi connectivity index (χ4v) is 3.18. The summed E-state index contributed by atoms with van der Waals surface area (Å²) in [6.45, 7) is 5.77. The second kappa shape index (κ2) is 9.94. The summed E-state index contributed by atoms with van der Waals surface area (Å²) in [6, 6.07) is 10.8. The van der Waals surface area contributed by atoms with Crippen molar-refractivity contribution in [1.82, 2.24) is 0 Å². The highest BCUT2D eigenvalue weighted by Crippen LogP contribution is 2.19. The molecular formula is C21H24N2O4S. The number of thioether (sulfide) groups is 1. The summed E-state index contributed by atoms with van der Waals surface area (Å²) >= 11 is 1.22. The summed E-state index contributed by atoms with van der Waals surface area (Å²) in [4.78, 5) is 35.9. The molecule has 28 heavy (non-hydrogen) atoms. The molecule has 0 aromatic heterocycles. The largest absolute Gasteiger partial charge is 0.465 e. The van der Waals surface area contributed by atoms with Gasteiger partial charge in [-0.2, -0.15) is 0 Å². The maximum atomic E-state index is 12.2. The summed E-state index contributed by atoms with van der Waals surface area (Å²) in [7, 11) is 1.31. The molecule has 2 rings (SSSR count). The highest BCUT2D eigenvalue weighted by molar-refractivity contribution is 8.00. The number of carbonyl (C=O) groups excluding carboxylic acids is 3. The highest BCUT2D eigenvalue weighted by Gasteiger charge is 2.11. The number of ether oxygens (including phenoxy) is 1. The molecule has 0 atom stereocenters. The van der Waals surface area contributed by atoms with Crippen LogP contribution in [-0.4, -0.2) is 36.4 Å². The molecule has 0 aliphatic rings. The van der Waals surface area contributed by atoms with E-state index in [2.05, 4.69) is 10.6 Å². The molecule has 0 saturated carbocycles. The van der Waals surface area contributed by atoms with E-state index >= 15 is 0 Å². The third-order valence-corrected chi connectivity index (χ3v) is 4.99. The number of nitrogens with one attached hydrogen (secondary N) is 2. The Morgan fingerprint density at radius 3 is 2.11 bits per heavy atom. The molecule has 0 radical (unpaired) electrons. The molecule has 2 aromatic carbocycles. The van der Waals surface area contributed by atoms with Crippen molar-refractivity contribution in [3.63, 3.8) is 0 Å². The topological polar surface area (TPSA) is 84.5 Å². The van der Waals surface area contributed by atoms with Gasteiger partial charge in [0, 0.05) is 11.4 Å². The lowest BCUT2D eigenvalue weighted by Crippen LogP contribution is -2.19. The third kappa shape index (κ3) is 6.13. The Kier molecular flexibility index (Phi) is 7.63. The van der Waals surface area contributed by atoms with Crippen molar-refractivity contribution < 1.29 is 19.1 Å². The molecule has 148 valence electrons. The van der Waals surface area contributed by atoms with E-state index < -0.39 is 5.97 Å². The normalized spacial score (nSPS) is 10.3. The first-order valence-corrected chi connectivity index (χ1v) is 9.89. The highest BCUT2D eigenvalue weighted by atomic mass is 32.2. The first-order valence-electron chi connectivity index (χ1n) is 8.74. The zero-order valence-corrected chi connectivity index (χ0v) is 17.2. The van der Waals surface area contributed by atoms with Gasteiger partial charge < -0.3 is 15.4 Å². The van der Waals surface area contributed by atoms with Crippen LogP contribution in [-0.2, 0) is 14.3 Å². The van der Waals surface area contributed by atoms with Gasteiger partial charge in [0.25, 0.3) is 0 Å². The monoisotopic (exact) mass is 400 g/mol. The molecule has 0 aliphatic heterocycles. The number of rotatable bonds is 7. The Balaban J connectivity index is 1.84. The second-order valence-corrected chi connectivity index (χ2v) is 7.41. The van der Waals surface area contributed by atoms with Crippen molar-refractivity contribution in [2.24, 2.45) is 0 Å². The van der Waals surface area contributed by atoms with Crippen molar-refractivity contribution in [1.29, 1.82) is 0 Å². The summed E-state index contributed by atoms with van der Waals surface area (Å²) in [5.74, 6) is -0.569. The van der Waals surface area contributed by atoms with Gasteiger partial charge in [-0.1, -0.05) is 23.8 Å². The van der Waals surface area contributed by atoms with Crippen LogP contribution >= 0.6 is 11.8 Å². The van der Waals surface area contributed by atoms with E-state index in [1.54, 1.807) is 18.2 Å². The number of carbonyl (C=O) groups is 3.